The second-order valence-corrected chi connectivity index (χ2v) is 8.68. The Morgan fingerprint density at radius 1 is 1.15 bits per heavy atom. The number of thioether (sulfide) groups is 1. The summed E-state index contributed by atoms with van der Waals surface area (Å²) >= 11 is 7.05. The predicted octanol–water partition coefficient (Wildman–Crippen LogP) is 5.49. The number of aromatic nitrogens is 3. The van der Waals surface area contributed by atoms with Crippen LogP contribution in [0.4, 0.5) is 17.6 Å². The van der Waals surface area contributed by atoms with Gasteiger partial charge in [0.15, 0.2) is 17.3 Å². The Morgan fingerprint density at radius 2 is 1.88 bits per heavy atom. The maximum absolute atomic E-state index is 15.3. The molecule has 3 aromatic rings. The van der Waals surface area contributed by atoms with Gasteiger partial charge in [0, 0.05) is 11.9 Å². The molecule has 0 radical (unpaired) electrons. The lowest BCUT2D eigenvalue weighted by atomic mass is 10.00. The van der Waals surface area contributed by atoms with Crippen LogP contribution in [-0.4, -0.2) is 35.0 Å². The summed E-state index contributed by atoms with van der Waals surface area (Å²) in [5, 5.41) is 6.13. The zero-order valence-corrected chi connectivity index (χ0v) is 19.4. The van der Waals surface area contributed by atoms with Crippen molar-refractivity contribution in [1.29, 1.82) is 0 Å². The molecule has 0 N–H and O–H groups in total. The highest BCUT2D eigenvalue weighted by atomic mass is 35.5. The van der Waals surface area contributed by atoms with Gasteiger partial charge in [0.05, 0.1) is 30.7 Å². The lowest BCUT2D eigenvalue weighted by Crippen LogP contribution is -2.17. The van der Waals surface area contributed by atoms with Crippen molar-refractivity contribution < 1.29 is 36.6 Å². The van der Waals surface area contributed by atoms with Crippen molar-refractivity contribution in [3.8, 4) is 17.2 Å². The van der Waals surface area contributed by atoms with E-state index in [9.17, 15) is 18.0 Å². The number of hydrogen-bond donors (Lipinski definition) is 0. The first-order chi connectivity index (χ1) is 16.1. The fourth-order valence-corrected chi connectivity index (χ4v) is 5.28. The molecular formula is C21H16ClF4N3O4S. The van der Waals surface area contributed by atoms with E-state index in [-0.39, 0.29) is 39.2 Å². The predicted molar refractivity (Wildman–Crippen MR) is 115 cm³/mol. The van der Waals surface area contributed by atoms with Crippen LogP contribution in [0.1, 0.15) is 40.4 Å². The summed E-state index contributed by atoms with van der Waals surface area (Å²) in [5.74, 6) is -2.88. The Hall–Kier alpha value is -2.99. The summed E-state index contributed by atoms with van der Waals surface area (Å²) in [7, 11) is 2.67. The third-order valence-electron chi connectivity index (χ3n) is 4.99. The highest BCUT2D eigenvalue weighted by molar-refractivity contribution is 7.99. The first-order valence-corrected chi connectivity index (χ1v) is 10.9. The van der Waals surface area contributed by atoms with Crippen LogP contribution >= 0.6 is 23.4 Å². The molecule has 0 saturated carbocycles. The van der Waals surface area contributed by atoms with E-state index in [1.54, 1.807) is 0 Å². The quantitative estimate of drug-likeness (QED) is 0.334. The number of nitrogens with zero attached hydrogens (tertiary/aromatic N) is 3. The van der Waals surface area contributed by atoms with Crippen molar-refractivity contribution in [2.24, 2.45) is 0 Å². The molecule has 180 valence electrons. The number of alkyl halides is 3. The highest BCUT2D eigenvalue weighted by Crippen LogP contribution is 2.54. The van der Waals surface area contributed by atoms with Crippen LogP contribution in [0.5, 0.6) is 11.5 Å². The Labute approximate surface area is 200 Å². The Morgan fingerprint density at radius 3 is 2.50 bits per heavy atom. The van der Waals surface area contributed by atoms with Crippen LogP contribution in [0.15, 0.2) is 30.3 Å². The molecule has 4 rings (SSSR count). The molecule has 34 heavy (non-hydrogen) atoms. The third-order valence-corrected chi connectivity index (χ3v) is 6.54. The molecule has 2 atom stereocenters. The minimum absolute atomic E-state index is 0.00634. The van der Waals surface area contributed by atoms with Gasteiger partial charge in [-0.1, -0.05) is 23.4 Å². The standard InChI is InChI=1S/C21H16ClF4N3O4S/c1-9(30)33-19-18-27-28-20(21(24,25)26)29(18)13-6-4-10(22)8-11(13)17(34-19)15-12(23)5-7-14(31-2)16(15)32-3/h4-8,17,19H,1-3H3/t17-,19-/m1/s1. The maximum Gasteiger partial charge on any atom is 0.452 e. The Kier molecular flexibility index (Phi) is 6.38. The second-order valence-electron chi connectivity index (χ2n) is 7.07. The zero-order valence-electron chi connectivity index (χ0n) is 17.8. The number of ether oxygens (including phenoxy) is 3. The minimum Gasteiger partial charge on any atom is -0.493 e. The van der Waals surface area contributed by atoms with Gasteiger partial charge in [0.25, 0.3) is 0 Å². The van der Waals surface area contributed by atoms with Crippen molar-refractivity contribution in [2.45, 2.75) is 23.8 Å². The van der Waals surface area contributed by atoms with Crippen molar-refractivity contribution in [3.63, 3.8) is 0 Å². The summed E-state index contributed by atoms with van der Waals surface area (Å²) in [6, 6.07) is 6.64. The van der Waals surface area contributed by atoms with Gasteiger partial charge in [0.2, 0.25) is 11.3 Å². The molecule has 0 amide bonds. The zero-order chi connectivity index (χ0) is 24.8. The number of halogens is 5. The number of carbonyl (C=O) groups is 1. The van der Waals surface area contributed by atoms with Crippen LogP contribution in [0.25, 0.3) is 5.69 Å². The summed E-state index contributed by atoms with van der Waals surface area (Å²) in [6.07, 6.45) is -4.88. The summed E-state index contributed by atoms with van der Waals surface area (Å²) in [4.78, 5) is 11.8. The van der Waals surface area contributed by atoms with Gasteiger partial charge in [-0.15, -0.1) is 10.2 Å². The van der Waals surface area contributed by atoms with Crippen LogP contribution in [0, 0.1) is 5.82 Å². The van der Waals surface area contributed by atoms with Crippen molar-refractivity contribution in [2.75, 3.05) is 14.2 Å². The lowest BCUT2D eigenvalue weighted by Gasteiger charge is -2.24. The average molecular weight is 518 g/mol. The van der Waals surface area contributed by atoms with Crippen molar-refractivity contribution in [3.05, 3.63) is 63.9 Å². The molecular weight excluding hydrogens is 502 g/mol. The van der Waals surface area contributed by atoms with Gasteiger partial charge in [-0.05, 0) is 35.9 Å². The van der Waals surface area contributed by atoms with Crippen LogP contribution < -0.4 is 9.47 Å². The molecule has 7 nitrogen and oxygen atoms in total. The van der Waals surface area contributed by atoms with Crippen molar-refractivity contribution in [1.82, 2.24) is 14.8 Å². The highest BCUT2D eigenvalue weighted by Gasteiger charge is 2.44. The van der Waals surface area contributed by atoms with E-state index in [4.69, 9.17) is 25.8 Å². The van der Waals surface area contributed by atoms with Crippen LogP contribution in [-0.2, 0) is 15.7 Å². The smallest absolute Gasteiger partial charge is 0.452 e. The SMILES string of the molecule is COc1ccc(F)c([C@@H]2S[C@@H](OC(C)=O)c3nnc(C(F)(F)F)n3-c3ccc(Cl)cc32)c1OC. The number of methoxy groups -OCH3 is 2. The maximum atomic E-state index is 15.3. The van der Waals surface area contributed by atoms with Gasteiger partial charge < -0.3 is 14.2 Å². The van der Waals surface area contributed by atoms with Crippen molar-refractivity contribution >= 4 is 29.3 Å². The van der Waals surface area contributed by atoms with Gasteiger partial charge >= 0.3 is 12.1 Å². The molecule has 2 aromatic carbocycles. The summed E-state index contributed by atoms with van der Waals surface area (Å²) in [6.45, 7) is 1.10. The Balaban J connectivity index is 2.07. The van der Waals surface area contributed by atoms with Crippen LogP contribution in [0.2, 0.25) is 5.02 Å². The molecule has 1 aliphatic heterocycles. The molecule has 0 unspecified atom stereocenters. The van der Waals surface area contributed by atoms with Gasteiger partial charge in [-0.3, -0.25) is 9.36 Å². The van der Waals surface area contributed by atoms with Gasteiger partial charge in [-0.25, -0.2) is 4.39 Å². The third kappa shape index (κ3) is 4.16. The molecule has 0 spiro atoms. The van der Waals surface area contributed by atoms with E-state index in [0.29, 0.717) is 0 Å². The molecule has 0 bridgehead atoms. The van der Waals surface area contributed by atoms with E-state index in [1.807, 2.05) is 0 Å². The minimum atomic E-state index is -4.88. The van der Waals surface area contributed by atoms with Crippen LogP contribution in [0.3, 0.4) is 0 Å². The van der Waals surface area contributed by atoms with E-state index in [0.717, 1.165) is 29.3 Å². The summed E-state index contributed by atoms with van der Waals surface area (Å²) in [5.41, 5.74) is -1.20. The molecule has 0 aliphatic carbocycles. The molecule has 2 heterocycles. The molecule has 0 fully saturated rings. The lowest BCUT2D eigenvalue weighted by molar-refractivity contribution is -0.146. The summed E-state index contributed by atoms with van der Waals surface area (Å²) < 4.78 is 73.6. The number of fused-ring (bicyclic) bond motifs is 3. The second kappa shape index (κ2) is 8.99. The van der Waals surface area contributed by atoms with Gasteiger partial charge in [-0.2, -0.15) is 13.2 Å². The first kappa shape index (κ1) is 24.1. The largest absolute Gasteiger partial charge is 0.493 e. The van der Waals surface area contributed by atoms with E-state index < -0.39 is 34.5 Å². The molecule has 1 aromatic heterocycles. The Bertz CT molecular complexity index is 1270. The molecule has 13 heteroatoms. The van der Waals surface area contributed by atoms with E-state index in [1.165, 1.54) is 38.5 Å². The number of hydrogen-bond acceptors (Lipinski definition) is 7. The number of carbonyl (C=O) groups excluding carboxylic acids is 1. The normalized spacial score (nSPS) is 17.4. The topological polar surface area (TPSA) is 75.5 Å². The first-order valence-electron chi connectivity index (χ1n) is 9.62. The fourth-order valence-electron chi connectivity index (χ4n) is 3.69. The number of benzene rings is 2. The number of rotatable bonds is 4. The average Bonchev–Trinajstić information content (AvgIpc) is 3.17. The molecule has 1 aliphatic rings. The molecule has 0 saturated heterocycles. The number of esters is 1. The van der Waals surface area contributed by atoms with Gasteiger partial charge in [0.1, 0.15) is 5.82 Å². The van der Waals surface area contributed by atoms with E-state index >= 15 is 4.39 Å². The fraction of sp³-hybridized carbons (Fsp3) is 0.286. The van der Waals surface area contributed by atoms with E-state index in [2.05, 4.69) is 10.2 Å². The monoisotopic (exact) mass is 517 g/mol.